The predicted molar refractivity (Wildman–Crippen MR) is 182 cm³/mol. The van der Waals surface area contributed by atoms with Gasteiger partial charge in [-0.2, -0.15) is 15.0 Å². The molecule has 0 fully saturated rings. The summed E-state index contributed by atoms with van der Waals surface area (Å²) >= 11 is 0. The largest absolute Gasteiger partial charge is 0.493 e. The summed E-state index contributed by atoms with van der Waals surface area (Å²) in [4.78, 5) is 26.2. The van der Waals surface area contributed by atoms with Crippen LogP contribution in [0.1, 0.15) is 16.7 Å². The van der Waals surface area contributed by atoms with Gasteiger partial charge in [-0.05, 0) is 35.7 Å². The maximum absolute atomic E-state index is 12.4. The Hall–Kier alpha value is -4.98. The fourth-order valence-electron chi connectivity index (χ4n) is 4.57. The first-order valence-electron chi connectivity index (χ1n) is 15.5. The monoisotopic (exact) mass is 644 g/mol. The molecule has 6 N–H and O–H groups in total. The second-order valence-electron chi connectivity index (χ2n) is 10.3. The SMILES string of the molecule is COc1cccc(CNc2nc(NCCc3ccccc3)nc(Nc3ccc(CC(=O)NCCOCCOCCN)cc3)n2)c1OC. The summed E-state index contributed by atoms with van der Waals surface area (Å²) in [5, 5.41) is 12.7. The number of hydrogen-bond donors (Lipinski definition) is 5. The summed E-state index contributed by atoms with van der Waals surface area (Å²) < 4.78 is 21.7. The Balaban J connectivity index is 1.36. The Kier molecular flexibility index (Phi) is 14.5. The lowest BCUT2D eigenvalue weighted by Gasteiger charge is -2.14. The number of benzene rings is 3. The van der Waals surface area contributed by atoms with Crippen LogP contribution in [0.5, 0.6) is 11.5 Å². The predicted octanol–water partition coefficient (Wildman–Crippen LogP) is 3.55. The van der Waals surface area contributed by atoms with Crippen LogP contribution >= 0.6 is 0 Å². The van der Waals surface area contributed by atoms with Crippen LogP contribution in [0.25, 0.3) is 0 Å². The van der Waals surface area contributed by atoms with Crippen molar-refractivity contribution in [1.82, 2.24) is 20.3 Å². The third-order valence-electron chi connectivity index (χ3n) is 6.87. The van der Waals surface area contributed by atoms with Crippen molar-refractivity contribution < 1.29 is 23.7 Å². The molecule has 1 aromatic heterocycles. The molecular formula is C34H44N8O5. The van der Waals surface area contributed by atoms with Crippen LogP contribution in [0.4, 0.5) is 23.5 Å². The van der Waals surface area contributed by atoms with Gasteiger partial charge in [-0.15, -0.1) is 0 Å². The Morgan fingerprint density at radius 3 is 2.17 bits per heavy atom. The number of ether oxygens (including phenoxy) is 4. The fraction of sp³-hybridized carbons (Fsp3) is 0.353. The van der Waals surface area contributed by atoms with E-state index in [0.717, 1.165) is 23.2 Å². The number of carbonyl (C=O) groups excluding carboxylic acids is 1. The molecule has 0 aliphatic heterocycles. The second-order valence-corrected chi connectivity index (χ2v) is 10.3. The molecule has 3 aromatic carbocycles. The first-order valence-corrected chi connectivity index (χ1v) is 15.5. The number of hydrogen-bond acceptors (Lipinski definition) is 12. The van der Waals surface area contributed by atoms with E-state index in [0.29, 0.717) is 82.0 Å². The van der Waals surface area contributed by atoms with Gasteiger partial charge in [0, 0.05) is 37.4 Å². The first-order chi connectivity index (χ1) is 23.1. The van der Waals surface area contributed by atoms with Crippen molar-refractivity contribution in [3.05, 3.63) is 89.5 Å². The van der Waals surface area contributed by atoms with E-state index >= 15 is 0 Å². The molecule has 0 radical (unpaired) electrons. The lowest BCUT2D eigenvalue weighted by atomic mass is 10.1. The van der Waals surface area contributed by atoms with Gasteiger partial charge in [0.25, 0.3) is 0 Å². The van der Waals surface area contributed by atoms with Gasteiger partial charge >= 0.3 is 0 Å². The van der Waals surface area contributed by atoms with Crippen molar-refractivity contribution >= 4 is 29.4 Å². The zero-order valence-electron chi connectivity index (χ0n) is 27.0. The van der Waals surface area contributed by atoms with Crippen molar-refractivity contribution in [2.45, 2.75) is 19.4 Å². The molecule has 13 heteroatoms. The number of nitrogens with two attached hydrogens (primary N) is 1. The third kappa shape index (κ3) is 12.0. The van der Waals surface area contributed by atoms with E-state index in [1.807, 2.05) is 60.7 Å². The Morgan fingerprint density at radius 1 is 0.723 bits per heavy atom. The summed E-state index contributed by atoms with van der Waals surface area (Å²) in [6.07, 6.45) is 1.06. The molecule has 1 heterocycles. The highest BCUT2D eigenvalue weighted by molar-refractivity contribution is 5.78. The average Bonchev–Trinajstić information content (AvgIpc) is 3.09. The van der Waals surface area contributed by atoms with Crippen LogP contribution in [0.15, 0.2) is 72.8 Å². The molecule has 13 nitrogen and oxygen atoms in total. The van der Waals surface area contributed by atoms with Gasteiger partial charge in [0.05, 0.1) is 47.1 Å². The highest BCUT2D eigenvalue weighted by atomic mass is 16.5. The van der Waals surface area contributed by atoms with E-state index in [1.54, 1.807) is 14.2 Å². The van der Waals surface area contributed by atoms with E-state index in [2.05, 4.69) is 48.4 Å². The maximum atomic E-state index is 12.4. The molecule has 0 spiro atoms. The molecule has 0 unspecified atom stereocenters. The van der Waals surface area contributed by atoms with E-state index in [9.17, 15) is 4.79 Å². The van der Waals surface area contributed by atoms with Gasteiger partial charge in [-0.3, -0.25) is 4.79 Å². The highest BCUT2D eigenvalue weighted by Gasteiger charge is 2.12. The van der Waals surface area contributed by atoms with E-state index < -0.39 is 0 Å². The maximum Gasteiger partial charge on any atom is 0.233 e. The molecule has 0 saturated carbocycles. The molecule has 1 amide bonds. The highest BCUT2D eigenvalue weighted by Crippen LogP contribution is 2.31. The van der Waals surface area contributed by atoms with Gasteiger partial charge in [0.2, 0.25) is 23.8 Å². The number of nitrogens with zero attached hydrogens (tertiary/aromatic N) is 3. The van der Waals surface area contributed by atoms with Gasteiger partial charge in [0.1, 0.15) is 0 Å². The van der Waals surface area contributed by atoms with Crippen LogP contribution in [0.2, 0.25) is 0 Å². The summed E-state index contributed by atoms with van der Waals surface area (Å²) in [7, 11) is 3.22. The summed E-state index contributed by atoms with van der Waals surface area (Å²) in [5.74, 6) is 2.38. The van der Waals surface area contributed by atoms with Crippen LogP contribution in [-0.2, 0) is 33.7 Å². The molecular weight excluding hydrogens is 600 g/mol. The normalized spacial score (nSPS) is 10.7. The number of amides is 1. The van der Waals surface area contributed by atoms with Crippen LogP contribution in [0, 0.1) is 0 Å². The molecule has 0 atom stereocenters. The number of anilines is 4. The summed E-state index contributed by atoms with van der Waals surface area (Å²) in [6.45, 7) is 3.83. The number of aromatic nitrogens is 3. The third-order valence-corrected chi connectivity index (χ3v) is 6.87. The van der Waals surface area contributed by atoms with Crippen LogP contribution in [0.3, 0.4) is 0 Å². The number of carbonyl (C=O) groups is 1. The molecule has 4 rings (SSSR count). The first kappa shape index (κ1) is 34.9. The number of para-hydroxylation sites is 1. The molecule has 0 aliphatic rings. The Bertz CT molecular complexity index is 1510. The Labute approximate surface area is 275 Å². The van der Waals surface area contributed by atoms with Crippen molar-refractivity contribution in [2.24, 2.45) is 5.73 Å². The smallest absolute Gasteiger partial charge is 0.233 e. The zero-order valence-corrected chi connectivity index (χ0v) is 27.0. The van der Waals surface area contributed by atoms with E-state index in [-0.39, 0.29) is 12.3 Å². The van der Waals surface area contributed by atoms with E-state index in [4.69, 9.17) is 24.7 Å². The van der Waals surface area contributed by atoms with Crippen LogP contribution in [-0.4, -0.2) is 81.1 Å². The van der Waals surface area contributed by atoms with Gasteiger partial charge in [0.15, 0.2) is 11.5 Å². The lowest BCUT2D eigenvalue weighted by Crippen LogP contribution is -2.29. The summed E-state index contributed by atoms with van der Waals surface area (Å²) in [6, 6.07) is 23.5. The van der Waals surface area contributed by atoms with Crippen LogP contribution < -0.4 is 36.5 Å². The topological polar surface area (TPSA) is 167 Å². The molecule has 0 aliphatic carbocycles. The van der Waals surface area contributed by atoms with Crippen molar-refractivity contribution in [3.8, 4) is 11.5 Å². The lowest BCUT2D eigenvalue weighted by molar-refractivity contribution is -0.120. The molecule has 47 heavy (non-hydrogen) atoms. The fourth-order valence-corrected chi connectivity index (χ4v) is 4.57. The minimum Gasteiger partial charge on any atom is -0.493 e. The average molecular weight is 645 g/mol. The number of nitrogens with one attached hydrogen (secondary N) is 4. The molecule has 0 bridgehead atoms. The number of rotatable bonds is 21. The van der Waals surface area contributed by atoms with Gasteiger partial charge in [-0.1, -0.05) is 54.6 Å². The quantitative estimate of drug-likeness (QED) is 0.0839. The Morgan fingerprint density at radius 2 is 1.45 bits per heavy atom. The van der Waals surface area contributed by atoms with Gasteiger partial charge < -0.3 is 45.9 Å². The van der Waals surface area contributed by atoms with Crippen molar-refractivity contribution in [1.29, 1.82) is 0 Å². The molecule has 4 aromatic rings. The van der Waals surface area contributed by atoms with E-state index in [1.165, 1.54) is 5.56 Å². The summed E-state index contributed by atoms with van der Waals surface area (Å²) in [5.41, 5.74) is 9.11. The minimum absolute atomic E-state index is 0.0826. The van der Waals surface area contributed by atoms with Crippen molar-refractivity contribution in [2.75, 3.05) is 76.2 Å². The van der Waals surface area contributed by atoms with Gasteiger partial charge in [-0.25, -0.2) is 0 Å². The molecule has 250 valence electrons. The molecule has 0 saturated heterocycles. The minimum atomic E-state index is -0.0826. The van der Waals surface area contributed by atoms with Crippen molar-refractivity contribution in [3.63, 3.8) is 0 Å². The number of methoxy groups -OCH3 is 2. The standard InChI is InChI=1S/C34H44N8O5/c1-44-29-10-6-9-27(31(29)45-2)24-38-33-40-32(37-17-15-25-7-4-3-5-8-25)41-34(42-33)39-28-13-11-26(12-14-28)23-30(43)36-18-20-47-22-21-46-19-16-35/h3-14H,15-24,35H2,1-2H3,(H,36,43)(H3,37,38,39,40,41,42). The zero-order chi connectivity index (χ0) is 33.1. The second kappa shape index (κ2) is 19.5.